The maximum Gasteiger partial charge on any atom is 0.345 e. The van der Waals surface area contributed by atoms with Gasteiger partial charge in [-0.25, -0.2) is 14.2 Å². The molecule has 0 saturated heterocycles. The third kappa shape index (κ3) is 5.22. The van der Waals surface area contributed by atoms with Gasteiger partial charge in [-0.05, 0) is 49.4 Å². The Morgan fingerprint density at radius 1 is 1.16 bits per heavy atom. The fraction of sp³-hybridized carbons (Fsp3) is 0.455. The van der Waals surface area contributed by atoms with Crippen LogP contribution in [0.5, 0.6) is 0 Å². The molecule has 0 radical (unpaired) electrons. The molecule has 0 atom stereocenters. The van der Waals surface area contributed by atoms with Crippen LogP contribution >= 0.6 is 0 Å². The van der Waals surface area contributed by atoms with E-state index in [1.54, 1.807) is 17.9 Å². The number of nitrogens with zero attached hydrogens (tertiary/aromatic N) is 6. The Hall–Kier alpha value is -3.36. The predicted octanol–water partition coefficient (Wildman–Crippen LogP) is 1.36. The van der Waals surface area contributed by atoms with Gasteiger partial charge in [0, 0.05) is 52.0 Å². The van der Waals surface area contributed by atoms with Crippen LogP contribution in [0.15, 0.2) is 52.5 Å². The number of aromatic nitrogens is 5. The Bertz CT molecular complexity index is 1050. The molecule has 2 N–H and O–H groups in total. The number of aryl methyl sites for hydroxylation is 2. The van der Waals surface area contributed by atoms with Gasteiger partial charge in [-0.1, -0.05) is 12.1 Å². The molecule has 0 aliphatic carbocycles. The van der Waals surface area contributed by atoms with Crippen LogP contribution in [-0.4, -0.2) is 50.2 Å². The van der Waals surface area contributed by atoms with Crippen LogP contribution in [0, 0.1) is 0 Å². The summed E-state index contributed by atoms with van der Waals surface area (Å²) in [6.07, 6.45) is 8.51. The molecule has 0 bridgehead atoms. The minimum absolute atomic E-state index is 0.0239. The van der Waals surface area contributed by atoms with Crippen molar-refractivity contribution < 1.29 is 0 Å². The van der Waals surface area contributed by atoms with Crippen molar-refractivity contribution in [1.82, 2.24) is 34.8 Å². The first-order chi connectivity index (χ1) is 15.2. The molecule has 0 fully saturated rings. The van der Waals surface area contributed by atoms with Gasteiger partial charge in [-0.15, -0.1) is 0 Å². The first-order valence-electron chi connectivity index (χ1n) is 10.9. The lowest BCUT2D eigenvalue weighted by Gasteiger charge is -2.12. The Kier molecular flexibility index (Phi) is 6.81. The summed E-state index contributed by atoms with van der Waals surface area (Å²) >= 11 is 0. The fourth-order valence-electron chi connectivity index (χ4n) is 3.81. The second-order valence-electron chi connectivity index (χ2n) is 7.68. The lowest BCUT2D eigenvalue weighted by atomic mass is 10.1. The van der Waals surface area contributed by atoms with E-state index in [9.17, 15) is 4.79 Å². The van der Waals surface area contributed by atoms with Gasteiger partial charge in [0.15, 0.2) is 5.96 Å². The van der Waals surface area contributed by atoms with Crippen LogP contribution < -0.4 is 16.3 Å². The summed E-state index contributed by atoms with van der Waals surface area (Å²) in [4.78, 5) is 16.6. The number of aliphatic imine (C=N–C) groups is 1. The van der Waals surface area contributed by atoms with Crippen LogP contribution in [-0.2, 0) is 25.9 Å². The summed E-state index contributed by atoms with van der Waals surface area (Å²) in [6.45, 7) is 2.93. The van der Waals surface area contributed by atoms with Crippen molar-refractivity contribution in [3.63, 3.8) is 0 Å². The highest BCUT2D eigenvalue weighted by Gasteiger charge is 2.16. The third-order valence-corrected chi connectivity index (χ3v) is 5.51. The number of fused-ring (bicyclic) bond motifs is 1. The lowest BCUT2D eigenvalue weighted by Crippen LogP contribution is -2.39. The Labute approximate surface area is 181 Å². The average Bonchev–Trinajstić information content (AvgIpc) is 3.45. The second kappa shape index (κ2) is 10.1. The molecular formula is C22H30N8O. The van der Waals surface area contributed by atoms with E-state index < -0.39 is 0 Å². The molecule has 164 valence electrons. The van der Waals surface area contributed by atoms with Crippen molar-refractivity contribution >= 4 is 5.96 Å². The molecule has 3 aromatic rings. The highest BCUT2D eigenvalue weighted by molar-refractivity contribution is 5.79. The van der Waals surface area contributed by atoms with E-state index in [0.717, 1.165) is 69.2 Å². The zero-order chi connectivity index (χ0) is 21.5. The molecule has 1 aliphatic rings. The molecular weight excluding hydrogens is 392 g/mol. The van der Waals surface area contributed by atoms with Crippen molar-refractivity contribution in [2.24, 2.45) is 4.99 Å². The lowest BCUT2D eigenvalue weighted by molar-refractivity contribution is 0.509. The van der Waals surface area contributed by atoms with Crippen LogP contribution in [0.1, 0.15) is 30.7 Å². The van der Waals surface area contributed by atoms with E-state index in [4.69, 9.17) is 0 Å². The number of guanidine groups is 1. The molecule has 0 amide bonds. The molecule has 9 heteroatoms. The Morgan fingerprint density at radius 3 is 2.74 bits per heavy atom. The number of hydrogen-bond donors (Lipinski definition) is 2. The summed E-state index contributed by atoms with van der Waals surface area (Å²) < 4.78 is 5.27. The molecule has 3 heterocycles. The summed E-state index contributed by atoms with van der Waals surface area (Å²) in [5.74, 6) is 1.70. The van der Waals surface area contributed by atoms with Crippen molar-refractivity contribution in [1.29, 1.82) is 0 Å². The van der Waals surface area contributed by atoms with Gasteiger partial charge >= 0.3 is 5.69 Å². The van der Waals surface area contributed by atoms with Gasteiger partial charge in [-0.3, -0.25) is 9.56 Å². The van der Waals surface area contributed by atoms with Gasteiger partial charge in [0.25, 0.3) is 0 Å². The fourth-order valence-corrected chi connectivity index (χ4v) is 3.81. The minimum Gasteiger partial charge on any atom is -0.356 e. The quantitative estimate of drug-likeness (QED) is 0.325. The molecule has 0 saturated carbocycles. The second-order valence-corrected chi connectivity index (χ2v) is 7.68. The minimum atomic E-state index is 0.0239. The van der Waals surface area contributed by atoms with E-state index in [1.165, 1.54) is 5.56 Å². The highest BCUT2D eigenvalue weighted by atomic mass is 16.2. The third-order valence-electron chi connectivity index (χ3n) is 5.51. The average molecular weight is 423 g/mol. The van der Waals surface area contributed by atoms with Crippen LogP contribution in [0.4, 0.5) is 0 Å². The topological polar surface area (TPSA) is 94.1 Å². The van der Waals surface area contributed by atoms with E-state index in [2.05, 4.69) is 50.1 Å². The zero-order valence-electron chi connectivity index (χ0n) is 18.0. The molecule has 0 unspecified atom stereocenters. The molecule has 9 nitrogen and oxygen atoms in total. The normalized spacial score (nSPS) is 13.8. The Balaban J connectivity index is 1.17. The van der Waals surface area contributed by atoms with Gasteiger partial charge in [0.2, 0.25) is 0 Å². The summed E-state index contributed by atoms with van der Waals surface area (Å²) in [5, 5.41) is 15.4. The van der Waals surface area contributed by atoms with E-state index in [0.29, 0.717) is 6.54 Å². The van der Waals surface area contributed by atoms with Crippen molar-refractivity contribution in [3.05, 3.63) is 64.6 Å². The van der Waals surface area contributed by atoms with Crippen molar-refractivity contribution in [3.8, 4) is 5.69 Å². The first-order valence-corrected chi connectivity index (χ1v) is 10.9. The maximum absolute atomic E-state index is 12.4. The van der Waals surface area contributed by atoms with Gasteiger partial charge in [-0.2, -0.15) is 10.2 Å². The number of rotatable bonds is 8. The monoisotopic (exact) mass is 422 g/mol. The molecule has 31 heavy (non-hydrogen) atoms. The van der Waals surface area contributed by atoms with E-state index in [1.807, 2.05) is 21.5 Å². The predicted molar refractivity (Wildman–Crippen MR) is 121 cm³/mol. The number of benzene rings is 1. The summed E-state index contributed by atoms with van der Waals surface area (Å²) in [7, 11) is 1.77. The van der Waals surface area contributed by atoms with Crippen LogP contribution in [0.2, 0.25) is 0 Å². The van der Waals surface area contributed by atoms with Gasteiger partial charge in [0.1, 0.15) is 5.82 Å². The summed E-state index contributed by atoms with van der Waals surface area (Å²) in [6, 6.07) is 10.3. The maximum atomic E-state index is 12.4. The highest BCUT2D eigenvalue weighted by Crippen LogP contribution is 2.10. The van der Waals surface area contributed by atoms with Gasteiger partial charge in [0.05, 0.1) is 5.69 Å². The zero-order valence-corrected chi connectivity index (χ0v) is 18.0. The first kappa shape index (κ1) is 20.9. The van der Waals surface area contributed by atoms with Crippen molar-refractivity contribution in [2.45, 2.75) is 45.2 Å². The molecule has 2 aromatic heterocycles. The SMILES string of the molecule is CN=C(NCCCn1nc2n(c1=O)CCCC2)NCCc1ccc(-n2cccn2)cc1. The summed E-state index contributed by atoms with van der Waals surface area (Å²) in [5.41, 5.74) is 2.33. The molecule has 1 aliphatic heterocycles. The van der Waals surface area contributed by atoms with Crippen molar-refractivity contribution in [2.75, 3.05) is 20.1 Å². The standard InChI is InChI=1S/C22H30N8O/c1-23-21(24-12-4-17-30-22(31)28-15-3-2-6-20(28)27-30)25-14-11-18-7-9-19(10-8-18)29-16-5-13-26-29/h5,7-10,13,16H,2-4,6,11-12,14-15,17H2,1H3,(H2,23,24,25). The van der Waals surface area contributed by atoms with Crippen LogP contribution in [0.3, 0.4) is 0 Å². The van der Waals surface area contributed by atoms with E-state index >= 15 is 0 Å². The number of nitrogens with one attached hydrogen (secondary N) is 2. The molecule has 4 rings (SSSR count). The molecule has 0 spiro atoms. The number of hydrogen-bond acceptors (Lipinski definition) is 4. The smallest absolute Gasteiger partial charge is 0.345 e. The van der Waals surface area contributed by atoms with E-state index in [-0.39, 0.29) is 5.69 Å². The van der Waals surface area contributed by atoms with Gasteiger partial charge < -0.3 is 10.6 Å². The largest absolute Gasteiger partial charge is 0.356 e. The Morgan fingerprint density at radius 2 is 2.00 bits per heavy atom. The van der Waals surface area contributed by atoms with Crippen LogP contribution in [0.25, 0.3) is 5.69 Å². The molecule has 1 aromatic carbocycles.